The zero-order chi connectivity index (χ0) is 18.1. The van der Waals surface area contributed by atoms with Crippen molar-refractivity contribution in [2.45, 2.75) is 38.8 Å². The largest absolute Gasteiger partial charge is 0.451 e. The highest BCUT2D eigenvalue weighted by Gasteiger charge is 2.42. The molecule has 25 heavy (non-hydrogen) atoms. The molecule has 0 saturated carbocycles. The van der Waals surface area contributed by atoms with Crippen LogP contribution in [0.25, 0.3) is 0 Å². The summed E-state index contributed by atoms with van der Waals surface area (Å²) in [5, 5.41) is 0. The van der Waals surface area contributed by atoms with Crippen LogP contribution in [0.3, 0.4) is 0 Å². The Hall–Kier alpha value is -2.70. The molecule has 132 valence electrons. The molecule has 2 heterocycles. The number of likely N-dealkylation sites (tertiary alicyclic amines) is 1. The molecule has 1 aromatic rings. The van der Waals surface area contributed by atoms with E-state index in [-0.39, 0.29) is 17.0 Å². The van der Waals surface area contributed by atoms with Gasteiger partial charge in [0.1, 0.15) is 6.04 Å². The molecule has 2 aliphatic heterocycles. The average Bonchev–Trinajstić information content (AvgIpc) is 3.22. The Balaban J connectivity index is 1.68. The lowest BCUT2D eigenvalue weighted by Crippen LogP contribution is -2.46. The van der Waals surface area contributed by atoms with Gasteiger partial charge in [-0.25, -0.2) is 4.79 Å². The van der Waals surface area contributed by atoms with Crippen LogP contribution >= 0.6 is 0 Å². The van der Waals surface area contributed by atoms with Gasteiger partial charge in [-0.2, -0.15) is 0 Å². The zero-order valence-corrected chi connectivity index (χ0v) is 14.2. The fourth-order valence-corrected chi connectivity index (χ4v) is 3.18. The van der Waals surface area contributed by atoms with Crippen LogP contribution in [0.15, 0.2) is 24.3 Å². The van der Waals surface area contributed by atoms with E-state index in [1.165, 1.54) is 13.8 Å². The second-order valence-corrected chi connectivity index (χ2v) is 6.31. The van der Waals surface area contributed by atoms with Crippen LogP contribution in [0.5, 0.6) is 0 Å². The number of nitrogens with zero attached hydrogens (tertiary/aromatic N) is 2. The first kappa shape index (κ1) is 17.1. The Kier molecular flexibility index (Phi) is 4.57. The molecule has 0 N–H and O–H groups in total. The third-order valence-corrected chi connectivity index (χ3v) is 4.61. The second kappa shape index (κ2) is 6.66. The summed E-state index contributed by atoms with van der Waals surface area (Å²) < 4.78 is 5.22. The predicted molar refractivity (Wildman–Crippen MR) is 87.8 cm³/mol. The molecule has 3 amide bonds. The summed E-state index contributed by atoms with van der Waals surface area (Å²) in [7, 11) is 0. The number of hydrogen-bond donors (Lipinski definition) is 0. The van der Waals surface area contributed by atoms with Gasteiger partial charge in [0.2, 0.25) is 0 Å². The maximum atomic E-state index is 12.4. The first-order valence-corrected chi connectivity index (χ1v) is 8.38. The van der Waals surface area contributed by atoms with Crippen molar-refractivity contribution in [3.05, 3.63) is 35.4 Å². The number of fused-ring (bicyclic) bond motifs is 1. The van der Waals surface area contributed by atoms with Gasteiger partial charge in [0.15, 0.2) is 6.10 Å². The second-order valence-electron chi connectivity index (χ2n) is 6.31. The van der Waals surface area contributed by atoms with Crippen molar-refractivity contribution in [1.29, 1.82) is 0 Å². The summed E-state index contributed by atoms with van der Waals surface area (Å²) in [6, 6.07) is 5.32. The number of benzene rings is 1. The minimum atomic E-state index is -1.10. The van der Waals surface area contributed by atoms with Crippen LogP contribution in [-0.4, -0.2) is 58.7 Å². The quantitative estimate of drug-likeness (QED) is 0.606. The summed E-state index contributed by atoms with van der Waals surface area (Å²) >= 11 is 0. The minimum absolute atomic E-state index is 0.250. The summed E-state index contributed by atoms with van der Waals surface area (Å²) in [4.78, 5) is 52.0. The van der Waals surface area contributed by atoms with E-state index in [0.29, 0.717) is 13.1 Å². The fraction of sp³-hybridized carbons (Fsp3) is 0.444. The van der Waals surface area contributed by atoms with E-state index in [2.05, 4.69) is 0 Å². The molecule has 2 aliphatic rings. The van der Waals surface area contributed by atoms with Crippen LogP contribution in [0.4, 0.5) is 0 Å². The van der Waals surface area contributed by atoms with Crippen molar-refractivity contribution >= 4 is 23.7 Å². The third kappa shape index (κ3) is 3.01. The highest BCUT2D eigenvalue weighted by Crippen LogP contribution is 2.25. The summed E-state index contributed by atoms with van der Waals surface area (Å²) in [6.07, 6.45) is 0.943. The molecule has 0 unspecified atom stereocenters. The van der Waals surface area contributed by atoms with Crippen LogP contribution in [0.2, 0.25) is 0 Å². The molecule has 3 rings (SSSR count). The number of amides is 3. The Morgan fingerprint density at radius 1 is 1.00 bits per heavy atom. The van der Waals surface area contributed by atoms with E-state index in [9.17, 15) is 19.2 Å². The molecule has 0 spiro atoms. The molecule has 7 nitrogen and oxygen atoms in total. The van der Waals surface area contributed by atoms with Gasteiger partial charge in [-0.3, -0.25) is 19.3 Å². The van der Waals surface area contributed by atoms with E-state index in [1.54, 1.807) is 29.2 Å². The van der Waals surface area contributed by atoms with Gasteiger partial charge in [-0.15, -0.1) is 0 Å². The smallest absolute Gasteiger partial charge is 0.329 e. The Morgan fingerprint density at radius 2 is 1.52 bits per heavy atom. The molecule has 2 atom stereocenters. The first-order chi connectivity index (χ1) is 11.9. The Morgan fingerprint density at radius 3 is 2.04 bits per heavy atom. The number of imide groups is 1. The highest BCUT2D eigenvalue weighted by atomic mass is 16.5. The highest BCUT2D eigenvalue weighted by molar-refractivity contribution is 6.22. The summed E-state index contributed by atoms with van der Waals surface area (Å²) in [6.45, 7) is 4.26. The van der Waals surface area contributed by atoms with Crippen LogP contribution in [-0.2, 0) is 14.3 Å². The van der Waals surface area contributed by atoms with E-state index in [4.69, 9.17) is 4.74 Å². The number of esters is 1. The lowest BCUT2D eigenvalue weighted by Gasteiger charge is -2.24. The topological polar surface area (TPSA) is 84.0 Å². The molecule has 1 fully saturated rings. The lowest BCUT2D eigenvalue weighted by molar-refractivity contribution is -0.161. The van der Waals surface area contributed by atoms with Gasteiger partial charge in [0, 0.05) is 13.1 Å². The van der Waals surface area contributed by atoms with Crippen molar-refractivity contribution in [3.8, 4) is 0 Å². The van der Waals surface area contributed by atoms with Crippen molar-refractivity contribution < 1.29 is 23.9 Å². The average molecular weight is 344 g/mol. The lowest BCUT2D eigenvalue weighted by atomic mass is 10.1. The van der Waals surface area contributed by atoms with Gasteiger partial charge in [0.05, 0.1) is 11.1 Å². The Bertz CT molecular complexity index is 704. The molecule has 0 aliphatic carbocycles. The summed E-state index contributed by atoms with van der Waals surface area (Å²) in [5.41, 5.74) is 0.543. The number of ether oxygens (including phenoxy) is 1. The van der Waals surface area contributed by atoms with E-state index in [0.717, 1.165) is 17.7 Å². The van der Waals surface area contributed by atoms with Gasteiger partial charge in [0.25, 0.3) is 17.7 Å². The van der Waals surface area contributed by atoms with E-state index in [1.807, 2.05) is 0 Å². The molecular weight excluding hydrogens is 324 g/mol. The predicted octanol–water partition coefficient (Wildman–Crippen LogP) is 1.23. The number of carbonyl (C=O) groups excluding carboxylic acids is 4. The summed E-state index contributed by atoms with van der Waals surface area (Å²) in [5.74, 6) is -2.07. The monoisotopic (exact) mass is 344 g/mol. The SMILES string of the molecule is C[C@H](C(=O)O[C@H](C)C(=O)N1CCCC1)N1C(=O)c2ccccc2C1=O. The molecule has 7 heteroatoms. The maximum Gasteiger partial charge on any atom is 0.329 e. The molecule has 1 saturated heterocycles. The van der Waals surface area contributed by atoms with Gasteiger partial charge >= 0.3 is 5.97 Å². The maximum absolute atomic E-state index is 12.4. The number of hydrogen-bond acceptors (Lipinski definition) is 5. The van der Waals surface area contributed by atoms with Crippen LogP contribution in [0.1, 0.15) is 47.4 Å². The van der Waals surface area contributed by atoms with Crippen LogP contribution in [0, 0.1) is 0 Å². The normalized spacial score (nSPS) is 19.0. The molecule has 0 radical (unpaired) electrons. The zero-order valence-electron chi connectivity index (χ0n) is 14.2. The minimum Gasteiger partial charge on any atom is -0.451 e. The Labute approximate surface area is 145 Å². The molecule has 0 bridgehead atoms. The fourth-order valence-electron chi connectivity index (χ4n) is 3.18. The van der Waals surface area contributed by atoms with E-state index < -0.39 is 29.9 Å². The van der Waals surface area contributed by atoms with Crippen molar-refractivity contribution in [3.63, 3.8) is 0 Å². The number of carbonyl (C=O) groups is 4. The standard InChI is InChI=1S/C18H20N2O5/c1-11(18(24)25-12(2)15(21)19-9-5-6-10-19)20-16(22)13-7-3-4-8-14(13)17(20)23/h3-4,7-8,11-12H,5-6,9-10H2,1-2H3/t11-,12-/m1/s1. The van der Waals surface area contributed by atoms with E-state index >= 15 is 0 Å². The molecular formula is C18H20N2O5. The van der Waals surface area contributed by atoms with Crippen molar-refractivity contribution in [2.24, 2.45) is 0 Å². The molecule has 1 aromatic carbocycles. The van der Waals surface area contributed by atoms with Gasteiger partial charge < -0.3 is 9.64 Å². The third-order valence-electron chi connectivity index (χ3n) is 4.61. The number of rotatable bonds is 4. The first-order valence-electron chi connectivity index (χ1n) is 8.38. The van der Waals surface area contributed by atoms with Gasteiger partial charge in [-0.05, 0) is 38.8 Å². The van der Waals surface area contributed by atoms with Crippen LogP contribution < -0.4 is 0 Å². The van der Waals surface area contributed by atoms with Crippen molar-refractivity contribution in [2.75, 3.05) is 13.1 Å². The molecule has 0 aromatic heterocycles. The van der Waals surface area contributed by atoms with Gasteiger partial charge in [-0.1, -0.05) is 12.1 Å². The van der Waals surface area contributed by atoms with Crippen molar-refractivity contribution in [1.82, 2.24) is 9.80 Å².